The van der Waals surface area contributed by atoms with Gasteiger partial charge in [-0.2, -0.15) is 0 Å². The van der Waals surface area contributed by atoms with E-state index in [2.05, 4.69) is 19.1 Å². The summed E-state index contributed by atoms with van der Waals surface area (Å²) in [6, 6.07) is 4.31. The predicted octanol–water partition coefficient (Wildman–Crippen LogP) is 2.09. The first kappa shape index (κ1) is 9.19. The first-order chi connectivity index (χ1) is 6.31. The lowest BCUT2D eigenvalue weighted by molar-refractivity contribution is 0.0953. The van der Waals surface area contributed by atoms with Crippen LogP contribution in [0, 0.1) is 12.8 Å². The van der Waals surface area contributed by atoms with Crippen molar-refractivity contribution in [2.24, 2.45) is 11.7 Å². The van der Waals surface area contributed by atoms with Crippen LogP contribution in [0.25, 0.3) is 0 Å². The van der Waals surface area contributed by atoms with Crippen LogP contribution in [0.3, 0.4) is 0 Å². The average Bonchev–Trinajstić information content (AvgIpc) is 2.71. The van der Waals surface area contributed by atoms with Gasteiger partial charge in [0.2, 0.25) is 0 Å². The second-order valence-electron chi connectivity index (χ2n) is 3.52. The van der Waals surface area contributed by atoms with Crippen LogP contribution in [0.4, 0.5) is 0 Å². The summed E-state index contributed by atoms with van der Waals surface area (Å²) in [4.78, 5) is 2.69. The molecular weight excluding hydrogens is 182 g/mol. The van der Waals surface area contributed by atoms with Gasteiger partial charge in [-0.25, -0.2) is 0 Å². The molecule has 1 saturated heterocycles. The Bertz CT molecular complexity index is 284. The molecule has 13 heavy (non-hydrogen) atoms. The fourth-order valence-electron chi connectivity index (χ4n) is 1.80. The minimum Gasteiger partial charge on any atom is -0.372 e. The van der Waals surface area contributed by atoms with Crippen molar-refractivity contribution >= 4 is 11.3 Å². The highest BCUT2D eigenvalue weighted by Crippen LogP contribution is 2.37. The van der Waals surface area contributed by atoms with E-state index in [-0.39, 0.29) is 6.10 Å². The number of ether oxygens (including phenoxy) is 1. The lowest BCUT2D eigenvalue weighted by Crippen LogP contribution is -2.17. The molecule has 2 unspecified atom stereocenters. The van der Waals surface area contributed by atoms with Crippen LogP contribution >= 0.6 is 11.3 Å². The van der Waals surface area contributed by atoms with Gasteiger partial charge in [0, 0.05) is 22.3 Å². The maximum absolute atomic E-state index is 5.69. The van der Waals surface area contributed by atoms with E-state index in [9.17, 15) is 0 Å². The molecule has 0 aliphatic carbocycles. The number of aryl methyl sites for hydroxylation is 1. The Kier molecular flexibility index (Phi) is 2.67. The molecule has 2 nitrogen and oxygen atoms in total. The molecule has 2 rings (SSSR count). The summed E-state index contributed by atoms with van der Waals surface area (Å²) in [6.45, 7) is 3.73. The largest absolute Gasteiger partial charge is 0.372 e. The lowest BCUT2D eigenvalue weighted by atomic mass is 10.0. The molecule has 2 heterocycles. The fraction of sp³-hybridized carbons (Fsp3) is 0.600. The Labute approximate surface area is 82.7 Å². The van der Waals surface area contributed by atoms with Gasteiger partial charge in [0.25, 0.3) is 0 Å². The van der Waals surface area contributed by atoms with Crippen LogP contribution in [0.2, 0.25) is 0 Å². The van der Waals surface area contributed by atoms with E-state index in [4.69, 9.17) is 10.5 Å². The summed E-state index contributed by atoms with van der Waals surface area (Å²) in [7, 11) is 0. The molecule has 0 bridgehead atoms. The molecule has 2 N–H and O–H groups in total. The zero-order valence-electron chi connectivity index (χ0n) is 7.82. The van der Waals surface area contributed by atoms with Crippen LogP contribution in [0.1, 0.15) is 22.3 Å². The molecule has 0 spiro atoms. The second-order valence-corrected chi connectivity index (χ2v) is 4.84. The standard InChI is InChI=1S/C10H15NOS/c1-7-2-3-9(13-7)10-8(6-11)4-5-12-10/h2-3,8,10H,4-6,11H2,1H3. The van der Waals surface area contributed by atoms with E-state index in [0.29, 0.717) is 5.92 Å². The molecule has 2 atom stereocenters. The third-order valence-electron chi connectivity index (χ3n) is 2.56. The summed E-state index contributed by atoms with van der Waals surface area (Å²) >= 11 is 1.82. The Balaban J connectivity index is 2.15. The third kappa shape index (κ3) is 1.77. The van der Waals surface area contributed by atoms with Gasteiger partial charge in [-0.15, -0.1) is 11.3 Å². The van der Waals surface area contributed by atoms with Crippen molar-refractivity contribution in [3.05, 3.63) is 21.9 Å². The molecule has 0 saturated carbocycles. The minimum absolute atomic E-state index is 0.267. The second kappa shape index (κ2) is 3.78. The van der Waals surface area contributed by atoms with Gasteiger partial charge in [-0.1, -0.05) is 0 Å². The Hall–Kier alpha value is -0.380. The smallest absolute Gasteiger partial charge is 0.0957 e. The van der Waals surface area contributed by atoms with Crippen molar-refractivity contribution < 1.29 is 4.74 Å². The van der Waals surface area contributed by atoms with E-state index < -0.39 is 0 Å². The van der Waals surface area contributed by atoms with Crippen molar-refractivity contribution in [1.82, 2.24) is 0 Å². The van der Waals surface area contributed by atoms with Crippen molar-refractivity contribution in [3.63, 3.8) is 0 Å². The monoisotopic (exact) mass is 197 g/mol. The molecule has 1 aliphatic heterocycles. The first-order valence-corrected chi connectivity index (χ1v) is 5.51. The van der Waals surface area contributed by atoms with E-state index in [0.717, 1.165) is 19.6 Å². The molecule has 72 valence electrons. The highest BCUT2D eigenvalue weighted by atomic mass is 32.1. The summed E-state index contributed by atoms with van der Waals surface area (Å²) in [6.07, 6.45) is 1.38. The summed E-state index contributed by atoms with van der Waals surface area (Å²) < 4.78 is 5.69. The number of hydrogen-bond acceptors (Lipinski definition) is 3. The Morgan fingerprint density at radius 3 is 3.08 bits per heavy atom. The molecule has 0 aromatic carbocycles. The lowest BCUT2D eigenvalue weighted by Gasteiger charge is -2.14. The van der Waals surface area contributed by atoms with Gasteiger partial charge in [0.15, 0.2) is 0 Å². The van der Waals surface area contributed by atoms with Gasteiger partial charge in [0.1, 0.15) is 0 Å². The van der Waals surface area contributed by atoms with Crippen LogP contribution < -0.4 is 5.73 Å². The molecule has 1 aliphatic rings. The SMILES string of the molecule is Cc1ccc(C2OCCC2CN)s1. The first-order valence-electron chi connectivity index (χ1n) is 4.69. The molecular formula is C10H15NOS. The zero-order chi connectivity index (χ0) is 9.26. The van der Waals surface area contributed by atoms with E-state index >= 15 is 0 Å². The average molecular weight is 197 g/mol. The van der Waals surface area contributed by atoms with Gasteiger partial charge < -0.3 is 10.5 Å². The van der Waals surface area contributed by atoms with Crippen molar-refractivity contribution in [2.75, 3.05) is 13.2 Å². The van der Waals surface area contributed by atoms with Crippen LogP contribution in [-0.4, -0.2) is 13.2 Å². The van der Waals surface area contributed by atoms with Gasteiger partial charge in [0.05, 0.1) is 6.10 Å². The van der Waals surface area contributed by atoms with Gasteiger partial charge in [-0.3, -0.25) is 0 Å². The third-order valence-corrected chi connectivity index (χ3v) is 3.62. The quantitative estimate of drug-likeness (QED) is 0.788. The highest BCUT2D eigenvalue weighted by molar-refractivity contribution is 7.12. The van der Waals surface area contributed by atoms with Crippen molar-refractivity contribution in [2.45, 2.75) is 19.4 Å². The van der Waals surface area contributed by atoms with Crippen LogP contribution in [-0.2, 0) is 4.74 Å². The molecule has 0 amide bonds. The van der Waals surface area contributed by atoms with Crippen LogP contribution in [0.15, 0.2) is 12.1 Å². The summed E-state index contributed by atoms with van der Waals surface area (Å²) in [5.41, 5.74) is 5.69. The molecule has 3 heteroatoms. The minimum atomic E-state index is 0.267. The number of nitrogens with two attached hydrogens (primary N) is 1. The maximum Gasteiger partial charge on any atom is 0.0957 e. The predicted molar refractivity (Wildman–Crippen MR) is 54.9 cm³/mol. The zero-order valence-corrected chi connectivity index (χ0v) is 8.64. The molecule has 0 radical (unpaired) electrons. The van der Waals surface area contributed by atoms with Crippen molar-refractivity contribution in [1.29, 1.82) is 0 Å². The van der Waals surface area contributed by atoms with E-state index in [1.165, 1.54) is 9.75 Å². The molecule has 1 aromatic heterocycles. The number of thiophene rings is 1. The summed E-state index contributed by atoms with van der Waals surface area (Å²) in [5.74, 6) is 0.526. The maximum atomic E-state index is 5.69. The topological polar surface area (TPSA) is 35.2 Å². The fourth-order valence-corrected chi connectivity index (χ4v) is 2.82. The normalized spacial score (nSPS) is 28.2. The molecule has 1 fully saturated rings. The van der Waals surface area contributed by atoms with Crippen molar-refractivity contribution in [3.8, 4) is 0 Å². The number of hydrogen-bond donors (Lipinski definition) is 1. The van der Waals surface area contributed by atoms with E-state index in [1.807, 2.05) is 11.3 Å². The Morgan fingerprint density at radius 1 is 1.62 bits per heavy atom. The van der Waals surface area contributed by atoms with E-state index in [1.54, 1.807) is 0 Å². The van der Waals surface area contributed by atoms with Gasteiger partial charge in [-0.05, 0) is 32.0 Å². The molecule has 1 aromatic rings. The number of rotatable bonds is 2. The highest BCUT2D eigenvalue weighted by Gasteiger charge is 2.29. The van der Waals surface area contributed by atoms with Gasteiger partial charge >= 0.3 is 0 Å². The Morgan fingerprint density at radius 2 is 2.46 bits per heavy atom. The summed E-state index contributed by atoms with van der Waals surface area (Å²) in [5, 5.41) is 0. The van der Waals surface area contributed by atoms with Crippen LogP contribution in [0.5, 0.6) is 0 Å².